The van der Waals surface area contributed by atoms with Crippen LogP contribution in [0.5, 0.6) is 0 Å². The number of rotatable bonds is 6. The highest BCUT2D eigenvalue weighted by Gasteiger charge is 2.34. The van der Waals surface area contributed by atoms with Crippen LogP contribution in [0.1, 0.15) is 44.6 Å². The van der Waals surface area contributed by atoms with E-state index in [9.17, 15) is 22.8 Å². The van der Waals surface area contributed by atoms with Gasteiger partial charge in [0, 0.05) is 32.2 Å². The minimum atomic E-state index is -4.52. The van der Waals surface area contributed by atoms with Crippen LogP contribution >= 0.6 is 0 Å². The lowest BCUT2D eigenvalue weighted by Gasteiger charge is -2.37. The van der Waals surface area contributed by atoms with E-state index in [0.717, 1.165) is 31.7 Å². The summed E-state index contributed by atoms with van der Waals surface area (Å²) < 4.78 is 39.3. The van der Waals surface area contributed by atoms with Crippen LogP contribution in [0.4, 0.5) is 18.9 Å². The zero-order chi connectivity index (χ0) is 22.4. The molecule has 2 N–H and O–H groups in total. The number of nitrogens with zero attached hydrogens (tertiary/aromatic N) is 2. The maximum absolute atomic E-state index is 13.1. The number of carbonyl (C=O) groups is 2. The van der Waals surface area contributed by atoms with Crippen molar-refractivity contribution in [2.75, 3.05) is 38.0 Å². The number of piperazine rings is 1. The van der Waals surface area contributed by atoms with Crippen molar-refractivity contribution in [1.29, 1.82) is 0 Å². The highest BCUT2D eigenvalue weighted by molar-refractivity contribution is 5.93. The molecule has 1 saturated carbocycles. The molecule has 1 atom stereocenters. The van der Waals surface area contributed by atoms with Crippen LogP contribution in [0, 0.1) is 0 Å². The van der Waals surface area contributed by atoms with Gasteiger partial charge in [-0.2, -0.15) is 13.2 Å². The van der Waals surface area contributed by atoms with Crippen molar-refractivity contribution in [2.24, 2.45) is 0 Å². The molecule has 2 fully saturated rings. The molecule has 2 amide bonds. The number of nitrogens with one attached hydrogen (secondary N) is 2. The molecule has 1 aliphatic heterocycles. The third-order valence-electron chi connectivity index (χ3n) is 6.16. The number of carbonyl (C=O) groups excluding carboxylic acids is 2. The third-order valence-corrected chi connectivity index (χ3v) is 6.16. The monoisotopic (exact) mass is 440 g/mol. The molecule has 9 heteroatoms. The Kier molecular flexibility index (Phi) is 7.94. The van der Waals surface area contributed by atoms with Gasteiger partial charge in [-0.05, 0) is 31.9 Å². The fourth-order valence-electron chi connectivity index (χ4n) is 4.28. The molecule has 1 aromatic rings. The minimum absolute atomic E-state index is 0.0166. The van der Waals surface area contributed by atoms with Crippen LogP contribution in [-0.2, 0) is 15.8 Å². The molecule has 1 aromatic carbocycles. The first-order valence-corrected chi connectivity index (χ1v) is 11.0. The van der Waals surface area contributed by atoms with Gasteiger partial charge < -0.3 is 10.6 Å². The van der Waals surface area contributed by atoms with Crippen LogP contribution in [0.15, 0.2) is 24.3 Å². The van der Waals surface area contributed by atoms with Gasteiger partial charge in [0.05, 0.1) is 23.8 Å². The number of hydrogen-bond donors (Lipinski definition) is 2. The van der Waals surface area contributed by atoms with E-state index < -0.39 is 17.6 Å². The Hall–Kier alpha value is -2.13. The topological polar surface area (TPSA) is 64.7 Å². The van der Waals surface area contributed by atoms with E-state index in [1.54, 1.807) is 0 Å². The Bertz CT molecular complexity index is 757. The van der Waals surface area contributed by atoms with E-state index in [-0.39, 0.29) is 30.2 Å². The van der Waals surface area contributed by atoms with E-state index in [0.29, 0.717) is 26.2 Å². The maximum Gasteiger partial charge on any atom is 0.418 e. The van der Waals surface area contributed by atoms with Gasteiger partial charge in [-0.25, -0.2) is 0 Å². The van der Waals surface area contributed by atoms with Crippen molar-refractivity contribution in [3.8, 4) is 0 Å². The Labute approximate surface area is 181 Å². The van der Waals surface area contributed by atoms with Crippen LogP contribution in [-0.4, -0.2) is 66.4 Å². The quantitative estimate of drug-likeness (QED) is 0.714. The number of amides is 2. The Balaban J connectivity index is 1.44. The summed E-state index contributed by atoms with van der Waals surface area (Å²) >= 11 is 0. The summed E-state index contributed by atoms with van der Waals surface area (Å²) in [7, 11) is 0. The molecule has 172 valence electrons. The van der Waals surface area contributed by atoms with Crippen LogP contribution in [0.2, 0.25) is 0 Å². The van der Waals surface area contributed by atoms with E-state index >= 15 is 0 Å². The predicted octanol–water partition coefficient (Wildman–Crippen LogP) is 3.10. The van der Waals surface area contributed by atoms with E-state index in [1.165, 1.54) is 24.6 Å². The Morgan fingerprint density at radius 3 is 2.35 bits per heavy atom. The van der Waals surface area contributed by atoms with E-state index in [1.807, 2.05) is 11.8 Å². The first kappa shape index (κ1) is 23.5. The molecule has 1 heterocycles. The van der Waals surface area contributed by atoms with Crippen molar-refractivity contribution in [1.82, 2.24) is 15.1 Å². The molecule has 3 rings (SSSR count). The largest absolute Gasteiger partial charge is 0.418 e. The second-order valence-corrected chi connectivity index (χ2v) is 8.42. The van der Waals surface area contributed by atoms with Crippen LogP contribution in [0.25, 0.3) is 0 Å². The third kappa shape index (κ3) is 6.67. The van der Waals surface area contributed by atoms with Crippen molar-refractivity contribution < 1.29 is 22.8 Å². The Morgan fingerprint density at radius 1 is 1.06 bits per heavy atom. The molecular weight excluding hydrogens is 409 g/mol. The van der Waals surface area contributed by atoms with Gasteiger partial charge in [0.25, 0.3) is 0 Å². The standard InChI is InChI=1S/C22H31F3N4O2/c1-16(21(31)26-17-7-3-2-4-8-17)29-13-11-28(12-14-29)15-20(30)27-19-10-6-5-9-18(19)22(23,24)25/h5-6,9-10,16-17H,2-4,7-8,11-15H2,1H3,(H,26,31)(H,27,30)/t16-/m0/s1. The molecule has 1 aliphatic carbocycles. The first-order chi connectivity index (χ1) is 14.7. The number of para-hydroxylation sites is 1. The van der Waals surface area contributed by atoms with Crippen LogP contribution in [0.3, 0.4) is 0 Å². The lowest BCUT2D eigenvalue weighted by atomic mass is 9.95. The number of halogens is 3. The molecule has 31 heavy (non-hydrogen) atoms. The average Bonchev–Trinajstić information content (AvgIpc) is 2.74. The fraction of sp³-hybridized carbons (Fsp3) is 0.636. The molecular formula is C22H31F3N4O2. The lowest BCUT2D eigenvalue weighted by molar-refractivity contribution is -0.137. The smallest absolute Gasteiger partial charge is 0.352 e. The Morgan fingerprint density at radius 2 is 1.71 bits per heavy atom. The van der Waals surface area contributed by atoms with Crippen molar-refractivity contribution in [3.63, 3.8) is 0 Å². The molecule has 1 saturated heterocycles. The zero-order valence-corrected chi connectivity index (χ0v) is 17.9. The highest BCUT2D eigenvalue weighted by Crippen LogP contribution is 2.34. The van der Waals surface area contributed by atoms with Gasteiger partial charge >= 0.3 is 6.18 Å². The molecule has 0 spiro atoms. The van der Waals surface area contributed by atoms with Gasteiger partial charge in [-0.3, -0.25) is 19.4 Å². The summed E-state index contributed by atoms with van der Waals surface area (Å²) in [4.78, 5) is 28.9. The molecule has 0 bridgehead atoms. The maximum atomic E-state index is 13.1. The fourth-order valence-corrected chi connectivity index (χ4v) is 4.28. The molecule has 0 aromatic heterocycles. The van der Waals surface area contributed by atoms with Gasteiger partial charge in [0.2, 0.25) is 11.8 Å². The summed E-state index contributed by atoms with van der Waals surface area (Å²) in [5, 5.41) is 5.54. The summed E-state index contributed by atoms with van der Waals surface area (Å²) in [5.41, 5.74) is -1.09. The summed E-state index contributed by atoms with van der Waals surface area (Å²) in [6.07, 6.45) is 1.11. The number of hydrogen-bond acceptors (Lipinski definition) is 4. The predicted molar refractivity (Wildman–Crippen MR) is 113 cm³/mol. The lowest BCUT2D eigenvalue weighted by Crippen LogP contribution is -2.55. The van der Waals surface area contributed by atoms with Gasteiger partial charge in [-0.15, -0.1) is 0 Å². The molecule has 2 aliphatic rings. The second kappa shape index (κ2) is 10.5. The van der Waals surface area contributed by atoms with Gasteiger partial charge in [0.15, 0.2) is 0 Å². The van der Waals surface area contributed by atoms with Crippen molar-refractivity contribution in [2.45, 2.75) is 57.3 Å². The molecule has 0 unspecified atom stereocenters. The molecule has 0 radical (unpaired) electrons. The molecule has 6 nitrogen and oxygen atoms in total. The second-order valence-electron chi connectivity index (χ2n) is 8.42. The zero-order valence-electron chi connectivity index (χ0n) is 17.9. The number of benzene rings is 1. The summed E-state index contributed by atoms with van der Waals surface area (Å²) in [5.74, 6) is -0.435. The highest BCUT2D eigenvalue weighted by atomic mass is 19.4. The van der Waals surface area contributed by atoms with Gasteiger partial charge in [-0.1, -0.05) is 31.4 Å². The van der Waals surface area contributed by atoms with E-state index in [2.05, 4.69) is 15.5 Å². The minimum Gasteiger partial charge on any atom is -0.352 e. The SMILES string of the molecule is C[C@@H](C(=O)NC1CCCCC1)N1CCN(CC(=O)Nc2ccccc2C(F)(F)F)CC1. The van der Waals surface area contributed by atoms with Crippen LogP contribution < -0.4 is 10.6 Å². The number of anilines is 1. The van der Waals surface area contributed by atoms with Crippen molar-refractivity contribution >= 4 is 17.5 Å². The first-order valence-electron chi connectivity index (χ1n) is 11.0. The number of alkyl halides is 3. The summed E-state index contributed by atoms with van der Waals surface area (Å²) in [6.45, 7) is 4.33. The average molecular weight is 441 g/mol. The van der Waals surface area contributed by atoms with Gasteiger partial charge in [0.1, 0.15) is 0 Å². The summed E-state index contributed by atoms with van der Waals surface area (Å²) in [6, 6.07) is 5.00. The van der Waals surface area contributed by atoms with Crippen molar-refractivity contribution in [3.05, 3.63) is 29.8 Å². The normalized spacial score (nSPS) is 20.3. The van der Waals surface area contributed by atoms with E-state index in [4.69, 9.17) is 0 Å².